The quantitative estimate of drug-likeness (QED) is 0.443. The summed E-state index contributed by atoms with van der Waals surface area (Å²) in [5.41, 5.74) is 5.10. The van der Waals surface area contributed by atoms with E-state index < -0.39 is 24.2 Å². The van der Waals surface area contributed by atoms with Gasteiger partial charge in [-0.25, -0.2) is 4.79 Å². The van der Waals surface area contributed by atoms with E-state index in [-0.39, 0.29) is 0 Å². The van der Waals surface area contributed by atoms with Crippen molar-refractivity contribution >= 4 is 11.9 Å². The van der Waals surface area contributed by atoms with Crippen molar-refractivity contribution in [1.82, 2.24) is 4.90 Å². The van der Waals surface area contributed by atoms with E-state index >= 15 is 0 Å². The Labute approximate surface area is 89.0 Å². The lowest BCUT2D eigenvalue weighted by Crippen LogP contribution is -2.48. The zero-order valence-corrected chi connectivity index (χ0v) is 9.27. The molecule has 0 heterocycles. The van der Waals surface area contributed by atoms with Gasteiger partial charge in [0.15, 0.2) is 0 Å². The first-order valence-corrected chi connectivity index (χ1v) is 4.85. The van der Waals surface area contributed by atoms with Crippen molar-refractivity contribution in [1.29, 1.82) is 0 Å². The van der Waals surface area contributed by atoms with Gasteiger partial charge in [-0.2, -0.15) is 0 Å². The third kappa shape index (κ3) is 4.26. The van der Waals surface area contributed by atoms with E-state index in [1.165, 1.54) is 6.92 Å². The van der Waals surface area contributed by atoms with Crippen molar-refractivity contribution < 1.29 is 19.4 Å². The normalized spacial score (nSPS) is 14.7. The molecule has 0 aliphatic carbocycles. The molecule has 88 valence electrons. The number of primary amides is 1. The van der Waals surface area contributed by atoms with Gasteiger partial charge < -0.3 is 15.6 Å². The van der Waals surface area contributed by atoms with Gasteiger partial charge in [-0.15, -0.1) is 0 Å². The number of esters is 1. The van der Waals surface area contributed by atoms with Crippen LogP contribution in [0.4, 0.5) is 0 Å². The number of hydrogen-bond donors (Lipinski definition) is 2. The van der Waals surface area contributed by atoms with E-state index in [0.717, 1.165) is 0 Å². The van der Waals surface area contributed by atoms with Crippen LogP contribution >= 0.6 is 0 Å². The van der Waals surface area contributed by atoms with Crippen molar-refractivity contribution in [2.45, 2.75) is 33.1 Å². The molecule has 1 amide bonds. The van der Waals surface area contributed by atoms with Crippen LogP contribution in [-0.2, 0) is 14.3 Å². The van der Waals surface area contributed by atoms with Crippen LogP contribution in [0.5, 0.6) is 0 Å². The van der Waals surface area contributed by atoms with E-state index in [1.807, 2.05) is 13.8 Å². The molecule has 0 saturated carbocycles. The molecule has 6 nitrogen and oxygen atoms in total. The highest BCUT2D eigenvalue weighted by molar-refractivity contribution is 5.83. The van der Waals surface area contributed by atoms with Gasteiger partial charge in [0.1, 0.15) is 6.10 Å². The molecule has 0 saturated heterocycles. The molecule has 0 aromatic carbocycles. The van der Waals surface area contributed by atoms with Gasteiger partial charge in [-0.1, -0.05) is 13.8 Å². The first-order chi connectivity index (χ1) is 6.93. The second-order valence-corrected chi connectivity index (χ2v) is 3.09. The van der Waals surface area contributed by atoms with Crippen molar-refractivity contribution in [2.75, 3.05) is 13.1 Å². The molecular weight excluding hydrogens is 200 g/mol. The van der Waals surface area contributed by atoms with Crippen LogP contribution in [0, 0.1) is 0 Å². The average molecular weight is 218 g/mol. The molecular formula is C9H18N2O4. The Bertz CT molecular complexity index is 226. The van der Waals surface area contributed by atoms with E-state index in [1.54, 1.807) is 4.90 Å². The monoisotopic (exact) mass is 218 g/mol. The lowest BCUT2D eigenvalue weighted by molar-refractivity contribution is -0.173. The molecule has 0 aliphatic rings. The summed E-state index contributed by atoms with van der Waals surface area (Å²) in [6.07, 6.45) is -2.37. The van der Waals surface area contributed by atoms with Crippen LogP contribution in [0.2, 0.25) is 0 Å². The number of carbonyl (C=O) groups is 2. The first-order valence-electron chi connectivity index (χ1n) is 4.85. The molecule has 2 atom stereocenters. The predicted molar refractivity (Wildman–Crippen MR) is 53.7 cm³/mol. The maximum atomic E-state index is 11.1. The van der Waals surface area contributed by atoms with Gasteiger partial charge in [0.2, 0.25) is 6.23 Å². The topological polar surface area (TPSA) is 92.9 Å². The highest BCUT2D eigenvalue weighted by atomic mass is 16.6. The van der Waals surface area contributed by atoms with Gasteiger partial charge in [0.25, 0.3) is 5.91 Å². The first kappa shape index (κ1) is 13.9. The molecule has 0 bridgehead atoms. The summed E-state index contributed by atoms with van der Waals surface area (Å²) in [6, 6.07) is 0. The number of aliphatic hydroxyl groups excluding tert-OH is 1. The number of likely N-dealkylation sites (N-methyl/N-ethyl adjacent to an activating group) is 1. The zero-order valence-electron chi connectivity index (χ0n) is 9.27. The number of carbonyl (C=O) groups excluding carboxylic acids is 2. The minimum Gasteiger partial charge on any atom is -0.435 e. The van der Waals surface area contributed by atoms with Crippen LogP contribution in [0.25, 0.3) is 0 Å². The van der Waals surface area contributed by atoms with Gasteiger partial charge >= 0.3 is 5.97 Å². The highest BCUT2D eigenvalue weighted by Crippen LogP contribution is 2.02. The lowest BCUT2D eigenvalue weighted by Gasteiger charge is -2.26. The summed E-state index contributed by atoms with van der Waals surface area (Å²) < 4.78 is 4.78. The lowest BCUT2D eigenvalue weighted by atomic mass is 10.4. The Balaban J connectivity index is 4.53. The maximum Gasteiger partial charge on any atom is 0.336 e. The minimum atomic E-state index is -1.26. The fourth-order valence-electron chi connectivity index (χ4n) is 1.08. The molecule has 0 aliphatic heterocycles. The number of aliphatic hydroxyl groups is 1. The Morgan fingerprint density at radius 3 is 2.13 bits per heavy atom. The van der Waals surface area contributed by atoms with E-state index in [0.29, 0.717) is 13.1 Å². The Kier molecular flexibility index (Phi) is 5.88. The molecule has 6 heteroatoms. The third-order valence-corrected chi connectivity index (χ3v) is 1.96. The summed E-state index contributed by atoms with van der Waals surface area (Å²) in [5, 5.41) is 8.93. The van der Waals surface area contributed by atoms with Gasteiger partial charge in [-0.05, 0) is 20.0 Å². The van der Waals surface area contributed by atoms with Crippen molar-refractivity contribution in [3.63, 3.8) is 0 Å². The second-order valence-electron chi connectivity index (χ2n) is 3.09. The van der Waals surface area contributed by atoms with Crippen LogP contribution in [0.1, 0.15) is 20.8 Å². The summed E-state index contributed by atoms with van der Waals surface area (Å²) >= 11 is 0. The fourth-order valence-corrected chi connectivity index (χ4v) is 1.08. The van der Waals surface area contributed by atoms with Crippen molar-refractivity contribution in [2.24, 2.45) is 5.73 Å². The summed E-state index contributed by atoms with van der Waals surface area (Å²) in [4.78, 5) is 23.7. The number of hydrogen-bond acceptors (Lipinski definition) is 5. The van der Waals surface area contributed by atoms with Crippen LogP contribution in [0.3, 0.4) is 0 Å². The van der Waals surface area contributed by atoms with Crippen LogP contribution in [-0.4, -0.2) is 47.3 Å². The molecule has 0 aromatic rings. The molecule has 2 unspecified atom stereocenters. The Morgan fingerprint density at radius 1 is 1.40 bits per heavy atom. The Hall–Kier alpha value is -1.14. The van der Waals surface area contributed by atoms with Crippen molar-refractivity contribution in [3.05, 3.63) is 0 Å². The summed E-state index contributed by atoms with van der Waals surface area (Å²) in [6.45, 7) is 5.95. The molecule has 0 aromatic heterocycles. The molecule has 0 radical (unpaired) electrons. The second kappa shape index (κ2) is 6.36. The highest BCUT2D eigenvalue weighted by Gasteiger charge is 2.27. The van der Waals surface area contributed by atoms with E-state index in [2.05, 4.69) is 0 Å². The maximum absolute atomic E-state index is 11.1. The van der Waals surface area contributed by atoms with Crippen molar-refractivity contribution in [3.8, 4) is 0 Å². The minimum absolute atomic E-state index is 0.525. The van der Waals surface area contributed by atoms with Gasteiger partial charge in [0.05, 0.1) is 0 Å². The number of nitrogens with two attached hydrogens (primary N) is 1. The number of amides is 1. The third-order valence-electron chi connectivity index (χ3n) is 1.96. The Morgan fingerprint density at radius 2 is 1.87 bits per heavy atom. The molecule has 0 fully saturated rings. The van der Waals surface area contributed by atoms with E-state index in [4.69, 9.17) is 15.6 Å². The van der Waals surface area contributed by atoms with Gasteiger partial charge in [0, 0.05) is 0 Å². The van der Waals surface area contributed by atoms with E-state index in [9.17, 15) is 9.59 Å². The number of rotatable bonds is 6. The largest absolute Gasteiger partial charge is 0.435 e. The fraction of sp³-hybridized carbons (Fsp3) is 0.778. The molecule has 15 heavy (non-hydrogen) atoms. The SMILES string of the molecule is CCN(CC)C(OC(=O)C(C)O)C(N)=O. The number of nitrogens with zero attached hydrogens (tertiary/aromatic N) is 1. The van der Waals surface area contributed by atoms with Crippen LogP contribution in [0.15, 0.2) is 0 Å². The zero-order chi connectivity index (χ0) is 12.0. The molecule has 0 spiro atoms. The average Bonchev–Trinajstić information content (AvgIpc) is 2.17. The summed E-state index contributed by atoms with van der Waals surface area (Å²) in [7, 11) is 0. The predicted octanol–water partition coefficient (Wildman–Crippen LogP) is -0.936. The summed E-state index contributed by atoms with van der Waals surface area (Å²) in [5.74, 6) is -1.60. The standard InChI is InChI=1S/C9H18N2O4/c1-4-11(5-2)8(7(10)13)15-9(14)6(3)12/h6,8,12H,4-5H2,1-3H3,(H2,10,13). The molecule has 3 N–H and O–H groups in total. The van der Waals surface area contributed by atoms with Gasteiger partial charge in [-0.3, -0.25) is 9.69 Å². The number of ether oxygens (including phenoxy) is 1. The molecule has 0 rings (SSSR count). The smallest absolute Gasteiger partial charge is 0.336 e. The van der Waals surface area contributed by atoms with Crippen LogP contribution < -0.4 is 5.73 Å².